The number of nitrogens with zero attached hydrogens (tertiary/aromatic N) is 2. The Hall–Kier alpha value is -1.82. The van der Waals surface area contributed by atoms with E-state index in [1.165, 1.54) is 12.5 Å². The summed E-state index contributed by atoms with van der Waals surface area (Å²) in [6.07, 6.45) is 5.06. The van der Waals surface area contributed by atoms with E-state index >= 15 is 0 Å². The van der Waals surface area contributed by atoms with Gasteiger partial charge in [0.2, 0.25) is 5.91 Å². The van der Waals surface area contributed by atoms with Gasteiger partial charge in [-0.05, 0) is 12.5 Å². The molecule has 0 unspecified atom stereocenters. The van der Waals surface area contributed by atoms with Gasteiger partial charge in [-0.25, -0.2) is 0 Å². The van der Waals surface area contributed by atoms with Crippen molar-refractivity contribution < 1.29 is 14.0 Å². The molecule has 6 nitrogen and oxygen atoms in total. The summed E-state index contributed by atoms with van der Waals surface area (Å²) in [7, 11) is 0. The highest BCUT2D eigenvalue weighted by Crippen LogP contribution is 2.09. The molecule has 0 radical (unpaired) electrons. The number of carbonyl (C=O) groups excluding carboxylic acids is 2. The van der Waals surface area contributed by atoms with Crippen molar-refractivity contribution in [2.75, 3.05) is 39.3 Å². The Labute approximate surface area is 125 Å². The molecule has 2 heterocycles. The Kier molecular flexibility index (Phi) is 5.80. The zero-order valence-corrected chi connectivity index (χ0v) is 12.5. The molecule has 116 valence electrons. The third-order valence-corrected chi connectivity index (χ3v) is 3.65. The molecule has 1 fully saturated rings. The van der Waals surface area contributed by atoms with Crippen LogP contribution in [0.15, 0.2) is 23.0 Å². The lowest BCUT2D eigenvalue weighted by Crippen LogP contribution is -2.51. The monoisotopic (exact) mass is 293 g/mol. The quantitative estimate of drug-likeness (QED) is 0.793. The number of piperazine rings is 1. The standard InChI is InChI=1S/C15H23N3O3/c1-2-3-5-16-14(19)11-17-6-8-18(9-7-17)15(20)13-4-10-21-12-13/h4,10,12H,2-3,5-9,11H2,1H3,(H,16,19). The van der Waals surface area contributed by atoms with Crippen LogP contribution in [0.25, 0.3) is 0 Å². The van der Waals surface area contributed by atoms with Crippen molar-refractivity contribution in [2.45, 2.75) is 19.8 Å². The third kappa shape index (κ3) is 4.60. The molecule has 0 aliphatic carbocycles. The first kappa shape index (κ1) is 15.6. The molecule has 1 aliphatic heterocycles. The van der Waals surface area contributed by atoms with Crippen LogP contribution in [0, 0.1) is 0 Å². The molecule has 21 heavy (non-hydrogen) atoms. The Morgan fingerprint density at radius 3 is 2.67 bits per heavy atom. The van der Waals surface area contributed by atoms with E-state index < -0.39 is 0 Å². The molecule has 2 rings (SSSR count). The fraction of sp³-hybridized carbons (Fsp3) is 0.600. The highest BCUT2D eigenvalue weighted by atomic mass is 16.3. The predicted octanol–water partition coefficient (Wildman–Crippen LogP) is 0.954. The minimum absolute atomic E-state index is 0.00389. The van der Waals surface area contributed by atoms with Crippen LogP contribution in [0.1, 0.15) is 30.1 Å². The van der Waals surface area contributed by atoms with E-state index in [-0.39, 0.29) is 11.8 Å². The molecule has 0 saturated carbocycles. The van der Waals surface area contributed by atoms with Gasteiger partial charge in [0.05, 0.1) is 18.4 Å². The molecule has 1 aliphatic rings. The summed E-state index contributed by atoms with van der Waals surface area (Å²) in [6.45, 7) is 6.00. The van der Waals surface area contributed by atoms with Gasteiger partial charge in [0.25, 0.3) is 5.91 Å². The molecule has 0 spiro atoms. The molecular formula is C15H23N3O3. The maximum absolute atomic E-state index is 12.1. The van der Waals surface area contributed by atoms with Gasteiger partial charge in [0, 0.05) is 32.7 Å². The Bertz CT molecular complexity index is 451. The lowest BCUT2D eigenvalue weighted by Gasteiger charge is -2.34. The number of hydrogen-bond donors (Lipinski definition) is 1. The van der Waals surface area contributed by atoms with Crippen LogP contribution in [-0.2, 0) is 4.79 Å². The van der Waals surface area contributed by atoms with Gasteiger partial charge >= 0.3 is 0 Å². The normalized spacial score (nSPS) is 16.0. The summed E-state index contributed by atoms with van der Waals surface area (Å²) in [6, 6.07) is 1.68. The summed E-state index contributed by atoms with van der Waals surface area (Å²) < 4.78 is 4.94. The first-order valence-electron chi connectivity index (χ1n) is 7.51. The minimum Gasteiger partial charge on any atom is -0.472 e. The number of amides is 2. The van der Waals surface area contributed by atoms with E-state index in [4.69, 9.17) is 4.42 Å². The number of rotatable bonds is 6. The smallest absolute Gasteiger partial charge is 0.257 e. The fourth-order valence-electron chi connectivity index (χ4n) is 2.34. The van der Waals surface area contributed by atoms with Crippen LogP contribution in [0.5, 0.6) is 0 Å². The van der Waals surface area contributed by atoms with Crippen molar-refractivity contribution in [3.8, 4) is 0 Å². The lowest BCUT2D eigenvalue weighted by molar-refractivity contribution is -0.122. The lowest BCUT2D eigenvalue weighted by atomic mass is 10.2. The molecule has 1 aromatic rings. The van der Waals surface area contributed by atoms with Crippen LogP contribution in [0.2, 0.25) is 0 Å². The Balaban J connectivity index is 1.71. The van der Waals surface area contributed by atoms with Crippen LogP contribution >= 0.6 is 0 Å². The molecule has 6 heteroatoms. The van der Waals surface area contributed by atoms with Gasteiger partial charge in [-0.2, -0.15) is 0 Å². The largest absolute Gasteiger partial charge is 0.472 e. The molecular weight excluding hydrogens is 270 g/mol. The highest BCUT2D eigenvalue weighted by Gasteiger charge is 2.23. The average Bonchev–Trinajstić information content (AvgIpc) is 3.02. The molecule has 0 aromatic carbocycles. The first-order valence-corrected chi connectivity index (χ1v) is 7.51. The van der Waals surface area contributed by atoms with Crippen molar-refractivity contribution in [1.82, 2.24) is 15.1 Å². The summed E-state index contributed by atoms with van der Waals surface area (Å²) in [4.78, 5) is 27.8. The number of furan rings is 1. The van der Waals surface area contributed by atoms with E-state index in [2.05, 4.69) is 17.1 Å². The Morgan fingerprint density at radius 1 is 1.29 bits per heavy atom. The molecule has 1 aromatic heterocycles. The van der Waals surface area contributed by atoms with Crippen molar-refractivity contribution in [3.05, 3.63) is 24.2 Å². The zero-order chi connectivity index (χ0) is 15.1. The van der Waals surface area contributed by atoms with E-state index in [0.29, 0.717) is 25.2 Å². The SMILES string of the molecule is CCCCNC(=O)CN1CCN(C(=O)c2ccoc2)CC1. The number of unbranched alkanes of at least 4 members (excludes halogenated alkanes) is 1. The summed E-state index contributed by atoms with van der Waals surface area (Å²) in [5, 5.41) is 2.91. The topological polar surface area (TPSA) is 65.8 Å². The molecule has 1 saturated heterocycles. The number of carbonyl (C=O) groups is 2. The van der Waals surface area contributed by atoms with Gasteiger partial charge in [-0.3, -0.25) is 14.5 Å². The van der Waals surface area contributed by atoms with Crippen LogP contribution < -0.4 is 5.32 Å². The molecule has 0 atom stereocenters. The summed E-state index contributed by atoms with van der Waals surface area (Å²) >= 11 is 0. The van der Waals surface area contributed by atoms with Crippen LogP contribution in [0.3, 0.4) is 0 Å². The van der Waals surface area contributed by atoms with Gasteiger partial charge in [-0.1, -0.05) is 13.3 Å². The van der Waals surface area contributed by atoms with E-state index in [1.54, 1.807) is 11.0 Å². The fourth-order valence-corrected chi connectivity index (χ4v) is 2.34. The maximum Gasteiger partial charge on any atom is 0.257 e. The maximum atomic E-state index is 12.1. The third-order valence-electron chi connectivity index (χ3n) is 3.65. The van der Waals surface area contributed by atoms with Gasteiger partial charge in [0.15, 0.2) is 0 Å². The predicted molar refractivity (Wildman–Crippen MR) is 79.0 cm³/mol. The summed E-state index contributed by atoms with van der Waals surface area (Å²) in [5.41, 5.74) is 0.584. The van der Waals surface area contributed by atoms with Crippen LogP contribution in [-0.4, -0.2) is 60.9 Å². The second kappa shape index (κ2) is 7.83. The molecule has 2 amide bonds. The second-order valence-corrected chi connectivity index (χ2v) is 5.28. The number of hydrogen-bond acceptors (Lipinski definition) is 4. The Morgan fingerprint density at radius 2 is 2.05 bits per heavy atom. The molecule has 0 bridgehead atoms. The van der Waals surface area contributed by atoms with Crippen molar-refractivity contribution >= 4 is 11.8 Å². The summed E-state index contributed by atoms with van der Waals surface area (Å²) in [5.74, 6) is 0.0638. The van der Waals surface area contributed by atoms with Crippen molar-refractivity contribution in [1.29, 1.82) is 0 Å². The van der Waals surface area contributed by atoms with Gasteiger partial charge < -0.3 is 14.6 Å². The highest BCUT2D eigenvalue weighted by molar-refractivity contribution is 5.93. The van der Waals surface area contributed by atoms with E-state index in [0.717, 1.165) is 32.5 Å². The van der Waals surface area contributed by atoms with E-state index in [1.807, 2.05) is 0 Å². The van der Waals surface area contributed by atoms with Gasteiger partial charge in [-0.15, -0.1) is 0 Å². The first-order chi connectivity index (χ1) is 10.2. The minimum atomic E-state index is -0.00389. The van der Waals surface area contributed by atoms with Gasteiger partial charge in [0.1, 0.15) is 6.26 Å². The number of nitrogens with one attached hydrogen (secondary N) is 1. The van der Waals surface area contributed by atoms with Crippen molar-refractivity contribution in [2.24, 2.45) is 0 Å². The van der Waals surface area contributed by atoms with Crippen LogP contribution in [0.4, 0.5) is 0 Å². The second-order valence-electron chi connectivity index (χ2n) is 5.28. The van der Waals surface area contributed by atoms with E-state index in [9.17, 15) is 9.59 Å². The van der Waals surface area contributed by atoms with Crippen molar-refractivity contribution in [3.63, 3.8) is 0 Å². The zero-order valence-electron chi connectivity index (χ0n) is 12.5. The average molecular weight is 293 g/mol. The molecule has 1 N–H and O–H groups in total.